The van der Waals surface area contributed by atoms with E-state index in [4.69, 9.17) is 0 Å². The molecule has 0 unspecified atom stereocenters. The van der Waals surface area contributed by atoms with Crippen molar-refractivity contribution in [2.24, 2.45) is 0 Å². The zero-order valence-electron chi connectivity index (χ0n) is 10.0. The molecule has 6 nitrogen and oxygen atoms in total. The normalized spacial score (nSPS) is 13.1. The van der Waals surface area contributed by atoms with Crippen LogP contribution >= 0.6 is 0 Å². The van der Waals surface area contributed by atoms with Gasteiger partial charge in [-0.1, -0.05) is 12.1 Å². The van der Waals surface area contributed by atoms with E-state index in [1.165, 1.54) is 13.2 Å². The summed E-state index contributed by atoms with van der Waals surface area (Å²) in [4.78, 5) is 22.1. The highest BCUT2D eigenvalue weighted by atomic mass is 16.6. The average Bonchev–Trinajstić information content (AvgIpc) is 2.36. The molecule has 0 aromatic heterocycles. The van der Waals surface area contributed by atoms with Gasteiger partial charge in [-0.2, -0.15) is 0 Å². The van der Waals surface area contributed by atoms with Gasteiger partial charge in [0, 0.05) is 12.1 Å². The fourth-order valence-electron chi connectivity index (χ4n) is 1.98. The lowest BCUT2D eigenvalue weighted by Gasteiger charge is -2.18. The van der Waals surface area contributed by atoms with Crippen molar-refractivity contribution >= 4 is 22.9 Å². The van der Waals surface area contributed by atoms with Gasteiger partial charge in [0.1, 0.15) is 11.3 Å². The predicted octanol–water partition coefficient (Wildman–Crippen LogP) is 2.21. The van der Waals surface area contributed by atoms with Crippen molar-refractivity contribution in [1.82, 2.24) is 0 Å². The van der Waals surface area contributed by atoms with Crippen molar-refractivity contribution < 1.29 is 14.5 Å². The van der Waals surface area contributed by atoms with Crippen molar-refractivity contribution in [3.63, 3.8) is 0 Å². The molecule has 0 fully saturated rings. The third-order valence-electron chi connectivity index (χ3n) is 2.88. The summed E-state index contributed by atoms with van der Waals surface area (Å²) in [5, 5.41) is 14.1. The van der Waals surface area contributed by atoms with Gasteiger partial charge >= 0.3 is 11.7 Å². The molecule has 94 valence electrons. The number of nitrogens with zero attached hydrogens (tertiary/aromatic N) is 1. The van der Waals surface area contributed by atoms with Crippen LogP contribution in [0.4, 0.5) is 11.4 Å². The summed E-state index contributed by atoms with van der Waals surface area (Å²) in [6, 6.07) is 3.11. The molecule has 0 aliphatic carbocycles. The van der Waals surface area contributed by atoms with Gasteiger partial charge in [0.25, 0.3) is 0 Å². The minimum Gasteiger partial charge on any atom is -0.465 e. The summed E-state index contributed by atoms with van der Waals surface area (Å²) in [7, 11) is 1.20. The third kappa shape index (κ3) is 1.81. The van der Waals surface area contributed by atoms with Crippen LogP contribution in [0.25, 0.3) is 5.57 Å². The molecule has 1 aliphatic heterocycles. The first kappa shape index (κ1) is 12.1. The number of esters is 1. The summed E-state index contributed by atoms with van der Waals surface area (Å²) < 4.78 is 4.56. The lowest BCUT2D eigenvalue weighted by atomic mass is 9.98. The number of hydrogen-bond donors (Lipinski definition) is 1. The van der Waals surface area contributed by atoms with Gasteiger partial charge in [-0.05, 0) is 18.6 Å². The van der Waals surface area contributed by atoms with Gasteiger partial charge in [0.15, 0.2) is 0 Å². The molecule has 0 spiro atoms. The highest BCUT2D eigenvalue weighted by Gasteiger charge is 2.29. The smallest absolute Gasteiger partial charge is 0.344 e. The number of rotatable bonds is 2. The molecular formula is C12H12N2O4. The molecule has 1 N–H and O–H groups in total. The molecule has 0 atom stereocenters. The Labute approximate surface area is 103 Å². The van der Waals surface area contributed by atoms with Crippen LogP contribution in [0.1, 0.15) is 22.8 Å². The average molecular weight is 248 g/mol. The van der Waals surface area contributed by atoms with E-state index in [1.807, 2.05) is 13.0 Å². The number of ether oxygens (including phenoxy) is 1. The van der Waals surface area contributed by atoms with Crippen LogP contribution in [0.5, 0.6) is 0 Å². The summed E-state index contributed by atoms with van der Waals surface area (Å²) in [5.74, 6) is -0.710. The maximum atomic E-state index is 11.5. The Balaban J connectivity index is 2.70. The quantitative estimate of drug-likeness (QED) is 0.493. The van der Waals surface area contributed by atoms with E-state index >= 15 is 0 Å². The second-order valence-electron chi connectivity index (χ2n) is 3.90. The van der Waals surface area contributed by atoms with Crippen molar-refractivity contribution in [3.05, 3.63) is 39.4 Å². The van der Waals surface area contributed by atoms with Gasteiger partial charge in [-0.25, -0.2) is 4.79 Å². The number of nitrogens with one attached hydrogen (secondary N) is 1. The second kappa shape index (κ2) is 4.48. The largest absolute Gasteiger partial charge is 0.465 e. The first-order valence-corrected chi connectivity index (χ1v) is 5.37. The van der Waals surface area contributed by atoms with E-state index in [0.29, 0.717) is 12.2 Å². The molecule has 18 heavy (non-hydrogen) atoms. The fraction of sp³-hybridized carbons (Fsp3) is 0.250. The van der Waals surface area contributed by atoms with E-state index < -0.39 is 10.9 Å². The zero-order chi connectivity index (χ0) is 13.3. The lowest BCUT2D eigenvalue weighted by Crippen LogP contribution is -2.13. The van der Waals surface area contributed by atoms with Gasteiger partial charge in [-0.3, -0.25) is 10.1 Å². The Bertz CT molecular complexity index is 563. The lowest BCUT2D eigenvalue weighted by molar-refractivity contribution is -0.384. The Morgan fingerprint density at radius 2 is 2.22 bits per heavy atom. The molecular weight excluding hydrogens is 236 g/mol. The maximum Gasteiger partial charge on any atom is 0.344 e. The molecule has 2 rings (SSSR count). The van der Waals surface area contributed by atoms with Crippen molar-refractivity contribution in [2.45, 2.75) is 6.92 Å². The Hall–Kier alpha value is -2.37. The van der Waals surface area contributed by atoms with Gasteiger partial charge < -0.3 is 10.1 Å². The number of nitro groups is 1. The van der Waals surface area contributed by atoms with Crippen molar-refractivity contribution in [1.29, 1.82) is 0 Å². The van der Waals surface area contributed by atoms with Crippen LogP contribution in [-0.4, -0.2) is 24.5 Å². The highest BCUT2D eigenvalue weighted by Crippen LogP contribution is 2.37. The molecule has 1 aromatic rings. The van der Waals surface area contributed by atoms with E-state index in [-0.39, 0.29) is 11.3 Å². The van der Waals surface area contributed by atoms with Gasteiger partial charge in [0.05, 0.1) is 12.0 Å². The first-order valence-electron chi connectivity index (χ1n) is 5.37. The van der Waals surface area contributed by atoms with Crippen LogP contribution in [0.15, 0.2) is 18.2 Å². The Kier molecular flexibility index (Phi) is 3.01. The predicted molar refractivity (Wildman–Crippen MR) is 66.6 cm³/mol. The second-order valence-corrected chi connectivity index (χ2v) is 3.90. The van der Waals surface area contributed by atoms with E-state index in [2.05, 4.69) is 10.1 Å². The molecule has 1 aromatic carbocycles. The number of benzene rings is 1. The van der Waals surface area contributed by atoms with Crippen molar-refractivity contribution in [2.75, 3.05) is 19.0 Å². The number of nitro benzene ring substituents is 1. The molecule has 6 heteroatoms. The summed E-state index contributed by atoms with van der Waals surface area (Å²) in [6.45, 7) is 2.38. The summed E-state index contributed by atoms with van der Waals surface area (Å²) in [6.07, 6.45) is 1.93. The van der Waals surface area contributed by atoms with Crippen LogP contribution in [0.3, 0.4) is 0 Å². The SMILES string of the molecule is COC(=O)c1ccc2c(c1[N+](=O)[O-])NCC=C2C. The van der Waals surface area contributed by atoms with Crippen molar-refractivity contribution in [3.8, 4) is 0 Å². The first-order chi connectivity index (χ1) is 8.56. The molecule has 1 heterocycles. The Morgan fingerprint density at radius 3 is 2.83 bits per heavy atom. The number of allylic oxidation sites excluding steroid dienone is 1. The molecule has 1 aliphatic rings. The Morgan fingerprint density at radius 1 is 1.50 bits per heavy atom. The summed E-state index contributed by atoms with van der Waals surface area (Å²) in [5.41, 5.74) is 1.79. The number of carbonyl (C=O) groups excluding carboxylic acids is 1. The topological polar surface area (TPSA) is 81.5 Å². The summed E-state index contributed by atoms with van der Waals surface area (Å²) >= 11 is 0. The zero-order valence-corrected chi connectivity index (χ0v) is 10.0. The van der Waals surface area contributed by atoms with Crippen LogP contribution in [-0.2, 0) is 4.74 Å². The molecule has 0 amide bonds. The molecule has 0 saturated heterocycles. The van der Waals surface area contributed by atoms with Crippen LogP contribution in [0, 0.1) is 10.1 Å². The maximum absolute atomic E-state index is 11.5. The van der Waals surface area contributed by atoms with E-state index in [1.54, 1.807) is 6.07 Å². The monoisotopic (exact) mass is 248 g/mol. The minimum atomic E-state index is -0.710. The molecule has 0 radical (unpaired) electrons. The number of anilines is 1. The number of hydrogen-bond acceptors (Lipinski definition) is 5. The van der Waals surface area contributed by atoms with Crippen LogP contribution < -0.4 is 5.32 Å². The number of carbonyl (C=O) groups is 1. The molecule has 0 saturated carbocycles. The molecule has 0 bridgehead atoms. The van der Waals surface area contributed by atoms with Crippen LogP contribution in [0.2, 0.25) is 0 Å². The van der Waals surface area contributed by atoms with E-state index in [9.17, 15) is 14.9 Å². The minimum absolute atomic E-state index is 0.0385. The van der Waals surface area contributed by atoms with Gasteiger partial charge in [0.2, 0.25) is 0 Å². The standard InChI is InChI=1S/C12H12N2O4/c1-7-5-6-13-10-8(7)3-4-9(12(15)18-2)11(10)14(16)17/h3-5,13H,6H2,1-2H3. The number of methoxy groups -OCH3 is 1. The fourth-order valence-corrected chi connectivity index (χ4v) is 1.98. The highest BCUT2D eigenvalue weighted by molar-refractivity contribution is 5.99. The van der Waals surface area contributed by atoms with Gasteiger partial charge in [-0.15, -0.1) is 0 Å². The third-order valence-corrected chi connectivity index (χ3v) is 2.88. The number of fused-ring (bicyclic) bond motifs is 1. The van der Waals surface area contributed by atoms with E-state index in [0.717, 1.165) is 11.1 Å².